The van der Waals surface area contributed by atoms with Crippen molar-refractivity contribution in [3.8, 4) is 0 Å². The van der Waals surface area contributed by atoms with Crippen molar-refractivity contribution in [2.45, 2.75) is 71.9 Å². The minimum Gasteiger partial charge on any atom is -0.355 e. The molecule has 0 aliphatic heterocycles. The monoisotopic (exact) mass is 484 g/mol. The zero-order valence-electron chi connectivity index (χ0n) is 22.4. The summed E-state index contributed by atoms with van der Waals surface area (Å²) in [5, 5.41) is 2.96. The topological polar surface area (TPSA) is 49.4 Å². The largest absolute Gasteiger partial charge is 0.355 e. The molecule has 1 N–H and O–H groups in total. The van der Waals surface area contributed by atoms with Gasteiger partial charge in [-0.15, -0.1) is 0 Å². The van der Waals surface area contributed by atoms with Gasteiger partial charge in [0.05, 0.1) is 0 Å². The molecule has 0 radical (unpaired) electrons. The highest BCUT2D eigenvalue weighted by Gasteiger charge is 2.30. The molecular weight excluding hydrogens is 444 g/mol. The lowest BCUT2D eigenvalue weighted by Gasteiger charge is -2.31. The van der Waals surface area contributed by atoms with Crippen molar-refractivity contribution < 1.29 is 9.59 Å². The number of nitrogens with zero attached hydrogens (tertiary/aromatic N) is 1. The Labute approximate surface area is 216 Å². The first-order chi connectivity index (χ1) is 17.2. The van der Waals surface area contributed by atoms with Gasteiger partial charge in [-0.25, -0.2) is 0 Å². The Morgan fingerprint density at radius 2 is 1.44 bits per heavy atom. The van der Waals surface area contributed by atoms with Crippen LogP contribution in [0.25, 0.3) is 0 Å². The van der Waals surface area contributed by atoms with Gasteiger partial charge in [0.2, 0.25) is 11.8 Å². The van der Waals surface area contributed by atoms with Crippen LogP contribution in [0.1, 0.15) is 61.9 Å². The second-order valence-corrected chi connectivity index (χ2v) is 10.6. The quantitative estimate of drug-likeness (QED) is 0.384. The van der Waals surface area contributed by atoms with Gasteiger partial charge in [-0.05, 0) is 47.9 Å². The van der Waals surface area contributed by atoms with Gasteiger partial charge in [0.15, 0.2) is 0 Å². The van der Waals surface area contributed by atoms with Gasteiger partial charge in [-0.2, -0.15) is 0 Å². The van der Waals surface area contributed by atoms with Gasteiger partial charge in [-0.1, -0.05) is 105 Å². The molecule has 3 rings (SSSR count). The number of carbonyl (C=O) groups is 2. The molecule has 0 heterocycles. The van der Waals surface area contributed by atoms with Gasteiger partial charge in [-0.3, -0.25) is 9.59 Å². The molecule has 190 valence electrons. The molecule has 3 aromatic carbocycles. The van der Waals surface area contributed by atoms with Crippen LogP contribution in [-0.4, -0.2) is 29.3 Å². The zero-order valence-corrected chi connectivity index (χ0v) is 22.4. The van der Waals surface area contributed by atoms with E-state index in [1.807, 2.05) is 68.4 Å². The Bertz CT molecular complexity index is 1110. The summed E-state index contributed by atoms with van der Waals surface area (Å²) in [6, 6.07) is 26.1. The van der Waals surface area contributed by atoms with Crippen molar-refractivity contribution in [3.05, 3.63) is 107 Å². The molecule has 0 aliphatic rings. The first-order valence-corrected chi connectivity index (χ1v) is 12.9. The maximum atomic E-state index is 13.7. The molecule has 0 fully saturated rings. The predicted octanol–water partition coefficient (Wildman–Crippen LogP) is 6.00. The highest BCUT2D eigenvalue weighted by Crippen LogP contribution is 2.23. The first kappa shape index (κ1) is 27.2. The summed E-state index contributed by atoms with van der Waals surface area (Å²) in [4.78, 5) is 28.7. The molecular formula is C32H40N2O2. The molecule has 0 bridgehead atoms. The number of likely N-dealkylation sites (N-methyl/N-ethyl adjacent to an activating group) is 1. The summed E-state index contributed by atoms with van der Waals surface area (Å²) in [5.41, 5.74) is 5.72. The number of rotatable bonds is 10. The van der Waals surface area contributed by atoms with E-state index in [0.717, 1.165) is 16.7 Å². The molecule has 0 aromatic heterocycles. The maximum Gasteiger partial charge on any atom is 0.243 e. The molecule has 2 amide bonds. The van der Waals surface area contributed by atoms with E-state index >= 15 is 0 Å². The molecule has 0 spiro atoms. The fraction of sp³-hybridized carbons (Fsp3) is 0.375. The van der Waals surface area contributed by atoms with E-state index in [0.29, 0.717) is 32.4 Å². The lowest BCUT2D eigenvalue weighted by Crippen LogP contribution is -2.50. The third-order valence-corrected chi connectivity index (χ3v) is 6.54. The normalized spacial score (nSPS) is 12.1. The molecule has 0 saturated carbocycles. The molecule has 0 aliphatic carbocycles. The molecule has 4 heteroatoms. The zero-order chi connectivity index (χ0) is 26.1. The van der Waals surface area contributed by atoms with Crippen molar-refractivity contribution in [1.29, 1.82) is 0 Å². The lowest BCUT2D eigenvalue weighted by atomic mass is 9.86. The van der Waals surface area contributed by atoms with Crippen molar-refractivity contribution in [2.75, 3.05) is 6.54 Å². The summed E-state index contributed by atoms with van der Waals surface area (Å²) in [6.07, 6.45) is 1.47. The minimum absolute atomic E-state index is 0.0114. The third kappa shape index (κ3) is 7.81. The highest BCUT2D eigenvalue weighted by atomic mass is 16.2. The van der Waals surface area contributed by atoms with Crippen molar-refractivity contribution in [1.82, 2.24) is 10.2 Å². The van der Waals surface area contributed by atoms with E-state index in [-0.39, 0.29) is 17.2 Å². The Balaban J connectivity index is 1.85. The Morgan fingerprint density at radius 1 is 0.833 bits per heavy atom. The van der Waals surface area contributed by atoms with Crippen LogP contribution in [0.2, 0.25) is 0 Å². The number of aryl methyl sites for hydroxylation is 2. The molecule has 0 saturated heterocycles. The average molecular weight is 485 g/mol. The summed E-state index contributed by atoms with van der Waals surface area (Å²) in [5.74, 6) is -0.126. The fourth-order valence-corrected chi connectivity index (χ4v) is 4.30. The number of nitrogens with one attached hydrogen (secondary N) is 1. The van der Waals surface area contributed by atoms with Crippen LogP contribution in [0.5, 0.6) is 0 Å². The Morgan fingerprint density at radius 3 is 2.03 bits per heavy atom. The Kier molecular flexibility index (Phi) is 9.46. The van der Waals surface area contributed by atoms with Gasteiger partial charge >= 0.3 is 0 Å². The van der Waals surface area contributed by atoms with Gasteiger partial charge in [0.1, 0.15) is 6.04 Å². The number of hydrogen-bond acceptors (Lipinski definition) is 2. The van der Waals surface area contributed by atoms with Crippen LogP contribution in [0.15, 0.2) is 78.9 Å². The van der Waals surface area contributed by atoms with Crippen LogP contribution in [-0.2, 0) is 34.4 Å². The van der Waals surface area contributed by atoms with Crippen LogP contribution < -0.4 is 5.32 Å². The fourth-order valence-electron chi connectivity index (χ4n) is 4.30. The smallest absolute Gasteiger partial charge is 0.243 e. The number of hydrogen-bond donors (Lipinski definition) is 1. The van der Waals surface area contributed by atoms with E-state index in [1.165, 1.54) is 11.1 Å². The molecule has 1 atom stereocenters. The van der Waals surface area contributed by atoms with Crippen molar-refractivity contribution in [3.63, 3.8) is 0 Å². The van der Waals surface area contributed by atoms with Crippen molar-refractivity contribution in [2.24, 2.45) is 0 Å². The maximum absolute atomic E-state index is 13.7. The van der Waals surface area contributed by atoms with Crippen LogP contribution in [0.4, 0.5) is 0 Å². The molecule has 36 heavy (non-hydrogen) atoms. The van der Waals surface area contributed by atoms with Crippen LogP contribution >= 0.6 is 0 Å². The summed E-state index contributed by atoms with van der Waals surface area (Å²) >= 11 is 0. The molecule has 3 aromatic rings. The van der Waals surface area contributed by atoms with Gasteiger partial charge < -0.3 is 10.2 Å². The summed E-state index contributed by atoms with van der Waals surface area (Å²) in [7, 11) is 0. The summed E-state index contributed by atoms with van der Waals surface area (Å²) < 4.78 is 0. The number of amides is 2. The van der Waals surface area contributed by atoms with Crippen LogP contribution in [0, 0.1) is 6.92 Å². The van der Waals surface area contributed by atoms with E-state index < -0.39 is 6.04 Å². The van der Waals surface area contributed by atoms with E-state index in [9.17, 15) is 9.59 Å². The summed E-state index contributed by atoms with van der Waals surface area (Å²) in [6.45, 7) is 11.5. The average Bonchev–Trinajstić information content (AvgIpc) is 2.86. The minimum atomic E-state index is -0.579. The van der Waals surface area contributed by atoms with E-state index in [1.54, 1.807) is 4.90 Å². The first-order valence-electron chi connectivity index (χ1n) is 12.9. The predicted molar refractivity (Wildman–Crippen MR) is 148 cm³/mol. The van der Waals surface area contributed by atoms with Gasteiger partial charge in [0.25, 0.3) is 0 Å². The second-order valence-electron chi connectivity index (χ2n) is 10.6. The number of benzene rings is 3. The Hall–Kier alpha value is -3.40. The van der Waals surface area contributed by atoms with Crippen LogP contribution in [0.3, 0.4) is 0 Å². The van der Waals surface area contributed by atoms with Crippen molar-refractivity contribution >= 4 is 11.8 Å². The highest BCUT2D eigenvalue weighted by molar-refractivity contribution is 5.88. The third-order valence-electron chi connectivity index (χ3n) is 6.54. The lowest BCUT2D eigenvalue weighted by molar-refractivity contribution is -0.141. The van der Waals surface area contributed by atoms with E-state index in [4.69, 9.17) is 0 Å². The SMILES string of the molecule is CCNC(=O)C(Cc1ccccc1)N(Cc1ccc(C)cc1)C(=O)CCc1ccc(C(C)(C)C)cc1. The van der Waals surface area contributed by atoms with Gasteiger partial charge in [0, 0.05) is 25.9 Å². The molecule has 4 nitrogen and oxygen atoms in total. The standard InChI is InChI=1S/C32H40N2O2/c1-6-33-31(36)29(22-26-10-8-7-9-11-26)34(23-27-14-12-24(2)13-15-27)30(35)21-18-25-16-19-28(20-17-25)32(3,4)5/h7-17,19-20,29H,6,18,21-23H2,1-5H3,(H,33,36). The van der Waals surface area contributed by atoms with E-state index in [2.05, 4.69) is 50.4 Å². The second kappa shape index (κ2) is 12.5. The number of carbonyl (C=O) groups excluding carboxylic acids is 2. The molecule has 1 unspecified atom stereocenters.